The van der Waals surface area contributed by atoms with Gasteiger partial charge in [0.2, 0.25) is 0 Å². The van der Waals surface area contributed by atoms with Gasteiger partial charge in [-0.05, 0) is 43.7 Å². The van der Waals surface area contributed by atoms with Crippen molar-refractivity contribution in [2.45, 2.75) is 26.5 Å². The van der Waals surface area contributed by atoms with Crippen molar-refractivity contribution in [1.82, 2.24) is 10.2 Å². The molecule has 0 aliphatic carbocycles. The van der Waals surface area contributed by atoms with Crippen LogP contribution in [0, 0.1) is 0 Å². The van der Waals surface area contributed by atoms with E-state index in [-0.39, 0.29) is 18.3 Å². The van der Waals surface area contributed by atoms with E-state index in [4.69, 9.17) is 32.7 Å². The van der Waals surface area contributed by atoms with E-state index in [0.717, 1.165) is 4.90 Å². The number of ether oxygens (including phenoxy) is 2. The van der Waals surface area contributed by atoms with Gasteiger partial charge in [-0.25, -0.2) is 4.79 Å². The zero-order valence-corrected chi connectivity index (χ0v) is 17.7. The molecule has 1 saturated heterocycles. The number of nitrogens with zero attached hydrogens (tertiary/aromatic N) is 1. The van der Waals surface area contributed by atoms with Crippen LogP contribution in [0.2, 0.25) is 10.0 Å². The van der Waals surface area contributed by atoms with Crippen LogP contribution in [0.1, 0.15) is 25.0 Å². The van der Waals surface area contributed by atoms with E-state index < -0.39 is 11.9 Å². The van der Waals surface area contributed by atoms with Crippen LogP contribution in [0.4, 0.5) is 4.79 Å². The quantitative estimate of drug-likeness (QED) is 0.519. The molecule has 3 amide bonds. The van der Waals surface area contributed by atoms with Crippen molar-refractivity contribution < 1.29 is 19.1 Å². The van der Waals surface area contributed by atoms with Gasteiger partial charge in [0, 0.05) is 5.56 Å². The molecule has 0 bridgehead atoms. The Morgan fingerprint density at radius 2 is 1.90 bits per heavy atom. The molecular weight excluding hydrogens is 415 g/mol. The maximum atomic E-state index is 12.8. The van der Waals surface area contributed by atoms with Crippen LogP contribution in [0.15, 0.2) is 42.1 Å². The fraction of sp³-hybridized carbons (Fsp3) is 0.238. The molecule has 1 fully saturated rings. The van der Waals surface area contributed by atoms with Crippen molar-refractivity contribution >= 4 is 41.2 Å². The Morgan fingerprint density at radius 3 is 2.55 bits per heavy atom. The topological polar surface area (TPSA) is 67.9 Å². The summed E-state index contributed by atoms with van der Waals surface area (Å²) in [5.74, 6) is 0.597. The Morgan fingerprint density at radius 1 is 1.14 bits per heavy atom. The van der Waals surface area contributed by atoms with E-state index in [1.54, 1.807) is 49.6 Å². The predicted octanol–water partition coefficient (Wildman–Crippen LogP) is 4.88. The number of nitrogens with one attached hydrogen (secondary N) is 1. The molecule has 0 aromatic heterocycles. The van der Waals surface area contributed by atoms with Crippen LogP contribution in [0.3, 0.4) is 0 Å². The van der Waals surface area contributed by atoms with Gasteiger partial charge in [0.05, 0.1) is 29.8 Å². The summed E-state index contributed by atoms with van der Waals surface area (Å²) in [6.07, 6.45) is 1.48. The number of hydrogen-bond donors (Lipinski definition) is 1. The minimum atomic E-state index is -0.512. The lowest BCUT2D eigenvalue weighted by Crippen LogP contribution is -2.30. The van der Waals surface area contributed by atoms with Crippen molar-refractivity contribution in [2.75, 3.05) is 7.11 Å². The van der Waals surface area contributed by atoms with Gasteiger partial charge in [-0.1, -0.05) is 41.4 Å². The summed E-state index contributed by atoms with van der Waals surface area (Å²) in [6, 6.07) is 9.80. The first-order valence-corrected chi connectivity index (χ1v) is 9.68. The third kappa shape index (κ3) is 4.66. The van der Waals surface area contributed by atoms with E-state index in [9.17, 15) is 9.59 Å². The number of carbonyl (C=O) groups excluding carboxylic acids is 2. The highest BCUT2D eigenvalue weighted by atomic mass is 35.5. The number of halogens is 2. The summed E-state index contributed by atoms with van der Waals surface area (Å²) in [7, 11) is 1.54. The monoisotopic (exact) mass is 434 g/mol. The molecule has 29 heavy (non-hydrogen) atoms. The van der Waals surface area contributed by atoms with Crippen molar-refractivity contribution in [3.8, 4) is 11.5 Å². The maximum absolute atomic E-state index is 12.8. The molecule has 0 spiro atoms. The molecule has 8 heteroatoms. The van der Waals surface area contributed by atoms with Gasteiger partial charge in [-0.15, -0.1) is 0 Å². The molecule has 1 N–H and O–H groups in total. The van der Waals surface area contributed by atoms with Crippen LogP contribution in [-0.4, -0.2) is 30.1 Å². The maximum Gasteiger partial charge on any atom is 0.329 e. The average Bonchev–Trinajstić information content (AvgIpc) is 2.93. The second-order valence-electron chi connectivity index (χ2n) is 6.67. The highest BCUT2D eigenvalue weighted by molar-refractivity contribution is 6.42. The Labute approximate surface area is 179 Å². The van der Waals surface area contributed by atoms with E-state index >= 15 is 0 Å². The van der Waals surface area contributed by atoms with Gasteiger partial charge in [0.15, 0.2) is 11.5 Å². The summed E-state index contributed by atoms with van der Waals surface area (Å²) in [6.45, 7) is 3.86. The second kappa shape index (κ2) is 8.76. The van der Waals surface area contributed by atoms with Gasteiger partial charge in [0.25, 0.3) is 5.91 Å². The summed E-state index contributed by atoms with van der Waals surface area (Å²) < 4.78 is 11.2. The largest absolute Gasteiger partial charge is 0.493 e. The average molecular weight is 435 g/mol. The number of para-hydroxylation sites is 1. The SMILES string of the molecule is COc1cccc(/C=C2\NC(=O)N(Cc3ccc(Cl)c(Cl)c3)C2=O)c1OC(C)C. The Hall–Kier alpha value is -2.70. The Bertz CT molecular complexity index is 989. The van der Waals surface area contributed by atoms with Gasteiger partial charge >= 0.3 is 6.03 Å². The number of amides is 3. The molecule has 2 aromatic rings. The lowest BCUT2D eigenvalue weighted by atomic mass is 10.1. The lowest BCUT2D eigenvalue weighted by Gasteiger charge is -2.16. The normalized spacial score (nSPS) is 15.2. The fourth-order valence-electron chi connectivity index (χ4n) is 2.86. The van der Waals surface area contributed by atoms with E-state index in [0.29, 0.717) is 32.7 Å². The van der Waals surface area contributed by atoms with E-state index in [1.807, 2.05) is 13.8 Å². The van der Waals surface area contributed by atoms with E-state index in [1.165, 1.54) is 0 Å². The minimum absolute atomic E-state index is 0.0758. The predicted molar refractivity (Wildman–Crippen MR) is 112 cm³/mol. The highest BCUT2D eigenvalue weighted by Gasteiger charge is 2.34. The number of benzene rings is 2. The van der Waals surface area contributed by atoms with Crippen LogP contribution in [0.25, 0.3) is 6.08 Å². The molecule has 2 aromatic carbocycles. The number of urea groups is 1. The molecule has 1 heterocycles. The number of imide groups is 1. The van der Waals surface area contributed by atoms with Crippen molar-refractivity contribution in [2.24, 2.45) is 0 Å². The van der Waals surface area contributed by atoms with Crippen molar-refractivity contribution in [3.05, 3.63) is 63.3 Å². The molecule has 1 aliphatic heterocycles. The molecule has 0 atom stereocenters. The Kier molecular flexibility index (Phi) is 6.35. The molecule has 0 radical (unpaired) electrons. The first-order valence-electron chi connectivity index (χ1n) is 8.92. The number of rotatable bonds is 6. The molecule has 3 rings (SSSR count). The van der Waals surface area contributed by atoms with Crippen molar-refractivity contribution in [1.29, 1.82) is 0 Å². The first-order chi connectivity index (χ1) is 13.8. The standard InChI is InChI=1S/C21H20Cl2N2O4/c1-12(2)29-19-14(5-4-6-18(19)28-3)10-17-20(26)25(21(27)24-17)11-13-7-8-15(22)16(23)9-13/h4-10,12H,11H2,1-3H3,(H,24,27)/b17-10-. The minimum Gasteiger partial charge on any atom is -0.493 e. The summed E-state index contributed by atoms with van der Waals surface area (Å²) in [5.41, 5.74) is 1.46. The fourth-order valence-corrected chi connectivity index (χ4v) is 3.18. The molecule has 0 unspecified atom stereocenters. The molecular formula is C21H20Cl2N2O4. The van der Waals surface area contributed by atoms with Gasteiger partial charge in [-0.2, -0.15) is 0 Å². The van der Waals surface area contributed by atoms with Crippen LogP contribution in [-0.2, 0) is 11.3 Å². The summed E-state index contributed by atoms with van der Waals surface area (Å²) in [5, 5.41) is 3.38. The third-order valence-electron chi connectivity index (χ3n) is 4.17. The highest BCUT2D eigenvalue weighted by Crippen LogP contribution is 2.34. The van der Waals surface area contributed by atoms with Crippen molar-refractivity contribution in [3.63, 3.8) is 0 Å². The molecule has 1 aliphatic rings. The lowest BCUT2D eigenvalue weighted by molar-refractivity contribution is -0.123. The molecule has 152 valence electrons. The van der Waals surface area contributed by atoms with Gasteiger partial charge in [0.1, 0.15) is 5.70 Å². The molecule has 0 saturated carbocycles. The number of carbonyl (C=O) groups is 2. The van der Waals surface area contributed by atoms with E-state index in [2.05, 4.69) is 5.32 Å². The zero-order chi connectivity index (χ0) is 21.1. The van der Waals surface area contributed by atoms with Gasteiger partial charge in [-0.3, -0.25) is 9.69 Å². The third-order valence-corrected chi connectivity index (χ3v) is 4.91. The van der Waals surface area contributed by atoms with Crippen LogP contribution < -0.4 is 14.8 Å². The molecule has 6 nitrogen and oxygen atoms in total. The van der Waals surface area contributed by atoms with Crippen LogP contribution in [0.5, 0.6) is 11.5 Å². The smallest absolute Gasteiger partial charge is 0.329 e. The summed E-state index contributed by atoms with van der Waals surface area (Å²) in [4.78, 5) is 26.3. The van der Waals surface area contributed by atoms with Gasteiger partial charge < -0.3 is 14.8 Å². The first kappa shape index (κ1) is 21.0. The Balaban J connectivity index is 1.89. The second-order valence-corrected chi connectivity index (χ2v) is 7.49. The summed E-state index contributed by atoms with van der Waals surface area (Å²) >= 11 is 11.9. The zero-order valence-electron chi connectivity index (χ0n) is 16.2. The van der Waals surface area contributed by atoms with Crippen LogP contribution >= 0.6 is 23.2 Å². The number of hydrogen-bond acceptors (Lipinski definition) is 4. The number of methoxy groups -OCH3 is 1.